The number of nitrogens with two attached hydrogens (primary N) is 1. The minimum atomic E-state index is 0.459. The highest BCUT2D eigenvalue weighted by molar-refractivity contribution is 4.90. The van der Waals surface area contributed by atoms with Crippen LogP contribution in [0.25, 0.3) is 0 Å². The average Bonchev–Trinajstić information content (AvgIpc) is 2.35. The maximum absolute atomic E-state index is 5.66. The highest BCUT2D eigenvalue weighted by Gasteiger charge is 2.34. The van der Waals surface area contributed by atoms with E-state index in [9.17, 15) is 0 Å². The third-order valence-electron chi connectivity index (χ3n) is 4.78. The summed E-state index contributed by atoms with van der Waals surface area (Å²) in [6, 6.07) is 0.459. The van der Waals surface area contributed by atoms with E-state index in [1.807, 2.05) is 6.08 Å². The predicted octanol–water partition coefficient (Wildman–Crippen LogP) is 3.00. The van der Waals surface area contributed by atoms with Crippen molar-refractivity contribution in [1.82, 2.24) is 5.43 Å². The predicted molar refractivity (Wildman–Crippen MR) is 68.7 cm³/mol. The SMILES string of the molecule is C=CCC(NN)C1CCC2CCCCC2C1. The second kappa shape index (κ2) is 5.83. The Bertz CT molecular complexity index is 227. The summed E-state index contributed by atoms with van der Waals surface area (Å²) in [6.45, 7) is 3.83. The largest absolute Gasteiger partial charge is 0.271 e. The number of hydrogen-bond donors (Lipinski definition) is 2. The van der Waals surface area contributed by atoms with Gasteiger partial charge >= 0.3 is 0 Å². The molecule has 0 aliphatic heterocycles. The van der Waals surface area contributed by atoms with Gasteiger partial charge in [-0.1, -0.05) is 31.8 Å². The molecule has 2 nitrogen and oxygen atoms in total. The van der Waals surface area contributed by atoms with Gasteiger partial charge in [0.2, 0.25) is 0 Å². The molecule has 0 amide bonds. The second-order valence-corrected chi connectivity index (χ2v) is 5.68. The molecule has 0 spiro atoms. The molecule has 2 fully saturated rings. The van der Waals surface area contributed by atoms with E-state index in [1.165, 1.54) is 44.9 Å². The Morgan fingerprint density at radius 3 is 2.62 bits per heavy atom. The van der Waals surface area contributed by atoms with Gasteiger partial charge in [-0.05, 0) is 43.4 Å². The van der Waals surface area contributed by atoms with Gasteiger partial charge < -0.3 is 0 Å². The van der Waals surface area contributed by atoms with Crippen LogP contribution >= 0.6 is 0 Å². The van der Waals surface area contributed by atoms with Crippen molar-refractivity contribution in [2.45, 2.75) is 57.4 Å². The zero-order valence-corrected chi connectivity index (χ0v) is 10.3. The van der Waals surface area contributed by atoms with Crippen LogP contribution in [-0.2, 0) is 0 Å². The Labute approximate surface area is 99.6 Å². The van der Waals surface area contributed by atoms with E-state index in [-0.39, 0.29) is 0 Å². The molecular formula is C14H26N2. The zero-order valence-electron chi connectivity index (χ0n) is 10.3. The first-order valence-corrected chi connectivity index (χ1v) is 6.92. The van der Waals surface area contributed by atoms with Crippen molar-refractivity contribution >= 4 is 0 Å². The summed E-state index contributed by atoms with van der Waals surface area (Å²) < 4.78 is 0. The lowest BCUT2D eigenvalue weighted by Crippen LogP contribution is -2.43. The van der Waals surface area contributed by atoms with Gasteiger partial charge in [0, 0.05) is 6.04 Å². The molecule has 0 aromatic carbocycles. The maximum Gasteiger partial charge on any atom is 0.0273 e. The monoisotopic (exact) mass is 222 g/mol. The Balaban J connectivity index is 1.90. The fourth-order valence-electron chi connectivity index (χ4n) is 3.85. The smallest absolute Gasteiger partial charge is 0.0273 e. The van der Waals surface area contributed by atoms with Crippen LogP contribution in [0, 0.1) is 17.8 Å². The highest BCUT2D eigenvalue weighted by atomic mass is 15.2. The van der Waals surface area contributed by atoms with Gasteiger partial charge in [-0.15, -0.1) is 6.58 Å². The summed E-state index contributed by atoms with van der Waals surface area (Å²) in [5, 5.41) is 0. The number of rotatable bonds is 4. The summed E-state index contributed by atoms with van der Waals surface area (Å²) in [5.74, 6) is 8.47. The van der Waals surface area contributed by atoms with Crippen molar-refractivity contribution in [3.63, 3.8) is 0 Å². The van der Waals surface area contributed by atoms with Gasteiger partial charge in [0.1, 0.15) is 0 Å². The van der Waals surface area contributed by atoms with Crippen LogP contribution in [-0.4, -0.2) is 6.04 Å². The number of fused-ring (bicyclic) bond motifs is 1. The molecule has 4 atom stereocenters. The lowest BCUT2D eigenvalue weighted by atomic mass is 9.66. The van der Waals surface area contributed by atoms with E-state index in [0.29, 0.717) is 6.04 Å². The van der Waals surface area contributed by atoms with Gasteiger partial charge in [-0.25, -0.2) is 0 Å². The van der Waals surface area contributed by atoms with Gasteiger partial charge in [0.15, 0.2) is 0 Å². The fourth-order valence-corrected chi connectivity index (χ4v) is 3.85. The third kappa shape index (κ3) is 2.67. The molecule has 0 bridgehead atoms. The minimum Gasteiger partial charge on any atom is -0.271 e. The third-order valence-corrected chi connectivity index (χ3v) is 4.78. The van der Waals surface area contributed by atoms with Crippen molar-refractivity contribution in [3.05, 3.63) is 12.7 Å². The second-order valence-electron chi connectivity index (χ2n) is 5.68. The average molecular weight is 222 g/mol. The number of nitrogens with one attached hydrogen (secondary N) is 1. The first-order chi connectivity index (χ1) is 7.85. The van der Waals surface area contributed by atoms with Crippen molar-refractivity contribution < 1.29 is 0 Å². The summed E-state index contributed by atoms with van der Waals surface area (Å²) >= 11 is 0. The summed E-state index contributed by atoms with van der Waals surface area (Å²) in [5.41, 5.74) is 3.00. The Morgan fingerprint density at radius 2 is 1.94 bits per heavy atom. The molecule has 4 unspecified atom stereocenters. The number of hydrogen-bond acceptors (Lipinski definition) is 2. The Kier molecular flexibility index (Phi) is 4.42. The normalized spacial score (nSPS) is 36.4. The lowest BCUT2D eigenvalue weighted by Gasteiger charge is -2.41. The topological polar surface area (TPSA) is 38.0 Å². The molecule has 0 radical (unpaired) electrons. The van der Waals surface area contributed by atoms with Crippen LogP contribution in [0.4, 0.5) is 0 Å². The molecule has 2 aliphatic rings. The van der Waals surface area contributed by atoms with Crippen molar-refractivity contribution in [2.24, 2.45) is 23.6 Å². The lowest BCUT2D eigenvalue weighted by molar-refractivity contribution is 0.110. The molecule has 0 saturated heterocycles. The highest BCUT2D eigenvalue weighted by Crippen LogP contribution is 2.43. The molecular weight excluding hydrogens is 196 g/mol. The number of hydrazine groups is 1. The summed E-state index contributed by atoms with van der Waals surface area (Å²) in [7, 11) is 0. The van der Waals surface area contributed by atoms with E-state index < -0.39 is 0 Å². The molecule has 2 aliphatic carbocycles. The van der Waals surface area contributed by atoms with Crippen molar-refractivity contribution in [2.75, 3.05) is 0 Å². The molecule has 0 aromatic rings. The van der Waals surface area contributed by atoms with Crippen molar-refractivity contribution in [1.29, 1.82) is 0 Å². The molecule has 2 heteroatoms. The Morgan fingerprint density at radius 1 is 1.19 bits per heavy atom. The van der Waals surface area contributed by atoms with Crippen LogP contribution in [0.5, 0.6) is 0 Å². The van der Waals surface area contributed by atoms with Gasteiger partial charge in [-0.3, -0.25) is 11.3 Å². The van der Waals surface area contributed by atoms with E-state index in [0.717, 1.165) is 24.2 Å². The maximum atomic E-state index is 5.66. The van der Waals surface area contributed by atoms with Crippen LogP contribution in [0.15, 0.2) is 12.7 Å². The standard InChI is InChI=1S/C14H26N2/c1-2-5-14(16-15)13-9-8-11-6-3-4-7-12(11)10-13/h2,11-14,16H,1,3-10,15H2. The minimum absolute atomic E-state index is 0.459. The van der Waals surface area contributed by atoms with Crippen molar-refractivity contribution in [3.8, 4) is 0 Å². The molecule has 2 rings (SSSR count). The zero-order chi connectivity index (χ0) is 11.4. The van der Waals surface area contributed by atoms with Crippen LogP contribution in [0.1, 0.15) is 51.4 Å². The molecule has 0 heterocycles. The molecule has 92 valence electrons. The van der Waals surface area contributed by atoms with Gasteiger partial charge in [-0.2, -0.15) is 0 Å². The van der Waals surface area contributed by atoms with Crippen LogP contribution in [0.3, 0.4) is 0 Å². The quantitative estimate of drug-likeness (QED) is 0.436. The molecule has 16 heavy (non-hydrogen) atoms. The van der Waals surface area contributed by atoms with E-state index in [1.54, 1.807) is 0 Å². The van der Waals surface area contributed by atoms with E-state index >= 15 is 0 Å². The fraction of sp³-hybridized carbons (Fsp3) is 0.857. The molecule has 2 saturated carbocycles. The van der Waals surface area contributed by atoms with Crippen LogP contribution < -0.4 is 11.3 Å². The first kappa shape index (κ1) is 12.1. The van der Waals surface area contributed by atoms with E-state index in [4.69, 9.17) is 5.84 Å². The van der Waals surface area contributed by atoms with Gasteiger partial charge in [0.05, 0.1) is 0 Å². The van der Waals surface area contributed by atoms with Crippen LogP contribution in [0.2, 0.25) is 0 Å². The molecule has 0 aromatic heterocycles. The summed E-state index contributed by atoms with van der Waals surface area (Å²) in [6.07, 6.45) is 13.1. The summed E-state index contributed by atoms with van der Waals surface area (Å²) in [4.78, 5) is 0. The van der Waals surface area contributed by atoms with Gasteiger partial charge in [0.25, 0.3) is 0 Å². The molecule has 3 N–H and O–H groups in total. The first-order valence-electron chi connectivity index (χ1n) is 6.92. The Hall–Kier alpha value is -0.340. The van der Waals surface area contributed by atoms with E-state index in [2.05, 4.69) is 12.0 Å².